The summed E-state index contributed by atoms with van der Waals surface area (Å²) in [6.45, 7) is 1.94. The first kappa shape index (κ1) is 19.3. The Morgan fingerprint density at radius 3 is 2.26 bits per heavy atom. The summed E-state index contributed by atoms with van der Waals surface area (Å²) >= 11 is 5.29. The number of aryl methyl sites for hydroxylation is 1. The van der Waals surface area contributed by atoms with Crippen molar-refractivity contribution in [2.24, 2.45) is 11.7 Å². The fourth-order valence-electron chi connectivity index (χ4n) is 3.57. The van der Waals surface area contributed by atoms with Gasteiger partial charge in [-0.05, 0) is 67.9 Å². The van der Waals surface area contributed by atoms with Crippen molar-refractivity contribution in [1.82, 2.24) is 0 Å². The van der Waals surface area contributed by atoms with E-state index in [2.05, 4.69) is 0 Å². The first-order valence-corrected chi connectivity index (χ1v) is 9.64. The van der Waals surface area contributed by atoms with E-state index in [1.807, 2.05) is 31.2 Å². The number of amides is 1. The average Bonchev–Trinajstić information content (AvgIpc) is 2.68. The summed E-state index contributed by atoms with van der Waals surface area (Å²) in [4.78, 5) is 13.5. The smallest absolute Gasteiger partial charge is 0.249 e. The molecule has 0 heterocycles. The Morgan fingerprint density at radius 1 is 1.04 bits per heavy atom. The summed E-state index contributed by atoms with van der Waals surface area (Å²) in [6, 6.07) is 13.5. The van der Waals surface area contributed by atoms with Crippen LogP contribution in [-0.4, -0.2) is 11.0 Å². The highest BCUT2D eigenvalue weighted by molar-refractivity contribution is 7.80. The van der Waals surface area contributed by atoms with Crippen LogP contribution in [-0.2, 0) is 4.79 Å². The number of nitrogens with zero attached hydrogens (tertiary/aromatic N) is 2. The lowest BCUT2D eigenvalue weighted by Gasteiger charge is -2.38. The van der Waals surface area contributed by atoms with E-state index in [0.717, 1.165) is 43.4 Å². The Labute approximate surface area is 164 Å². The van der Waals surface area contributed by atoms with Gasteiger partial charge in [0.1, 0.15) is 5.82 Å². The normalized spacial score (nSPS) is 14.6. The number of rotatable bonds is 3. The second-order valence-corrected chi connectivity index (χ2v) is 7.32. The number of benzene rings is 2. The molecule has 2 aromatic carbocycles. The molecule has 0 aromatic heterocycles. The van der Waals surface area contributed by atoms with E-state index in [9.17, 15) is 9.18 Å². The van der Waals surface area contributed by atoms with E-state index < -0.39 is 0 Å². The Bertz CT molecular complexity index is 818. The summed E-state index contributed by atoms with van der Waals surface area (Å²) in [5.74, 6) is -0.459. The Balaban J connectivity index is 2.08. The molecule has 1 aliphatic rings. The lowest BCUT2D eigenvalue weighted by atomic mass is 9.88. The van der Waals surface area contributed by atoms with E-state index >= 15 is 0 Å². The van der Waals surface area contributed by atoms with Gasteiger partial charge in [0, 0.05) is 5.92 Å². The second-order valence-electron chi connectivity index (χ2n) is 6.90. The van der Waals surface area contributed by atoms with E-state index in [4.69, 9.17) is 18.0 Å². The van der Waals surface area contributed by atoms with Crippen molar-refractivity contribution in [3.63, 3.8) is 0 Å². The number of hydrogen-bond donors (Lipinski definition) is 1. The van der Waals surface area contributed by atoms with E-state index in [-0.39, 0.29) is 22.8 Å². The minimum absolute atomic E-state index is 0.0267. The quantitative estimate of drug-likeness (QED) is 0.614. The third-order valence-electron chi connectivity index (χ3n) is 4.99. The maximum Gasteiger partial charge on any atom is 0.249 e. The van der Waals surface area contributed by atoms with Crippen molar-refractivity contribution in [3.05, 3.63) is 59.9 Å². The molecule has 2 N–H and O–H groups in total. The molecule has 27 heavy (non-hydrogen) atoms. The second kappa shape index (κ2) is 8.48. The van der Waals surface area contributed by atoms with Crippen molar-refractivity contribution in [2.75, 3.05) is 10.0 Å². The monoisotopic (exact) mass is 385 g/mol. The number of hydrogen-bond acceptors (Lipinski definition) is 2. The number of thiocarbonyl (C=S) groups is 1. The molecule has 4 nitrogen and oxygen atoms in total. The van der Waals surface area contributed by atoms with Gasteiger partial charge in [-0.1, -0.05) is 37.5 Å². The molecule has 2 aromatic rings. The van der Waals surface area contributed by atoms with E-state index in [0.29, 0.717) is 5.69 Å². The van der Waals surface area contributed by atoms with E-state index in [1.54, 1.807) is 17.1 Å². The molecular weight excluding hydrogens is 361 g/mol. The zero-order valence-corrected chi connectivity index (χ0v) is 16.2. The van der Waals surface area contributed by atoms with Gasteiger partial charge in [-0.3, -0.25) is 4.79 Å². The molecule has 0 spiro atoms. The van der Waals surface area contributed by atoms with Crippen molar-refractivity contribution in [3.8, 4) is 0 Å². The van der Waals surface area contributed by atoms with Crippen LogP contribution in [0.1, 0.15) is 37.7 Å². The van der Waals surface area contributed by atoms with Crippen LogP contribution < -0.4 is 15.8 Å². The SMILES string of the molecule is Cc1ccccc1N(C(=O)C1CCCCC1)N(C(N)=S)c1ccc(F)cc1. The highest BCUT2D eigenvalue weighted by Crippen LogP contribution is 2.32. The highest BCUT2D eigenvalue weighted by atomic mass is 32.1. The molecule has 6 heteroatoms. The van der Waals surface area contributed by atoms with Crippen LogP contribution in [0.2, 0.25) is 0 Å². The molecule has 0 atom stereocenters. The molecule has 0 saturated heterocycles. The first-order chi connectivity index (χ1) is 13.0. The van der Waals surface area contributed by atoms with Gasteiger partial charge in [-0.15, -0.1) is 0 Å². The van der Waals surface area contributed by atoms with Crippen molar-refractivity contribution in [1.29, 1.82) is 0 Å². The van der Waals surface area contributed by atoms with Crippen LogP contribution in [0, 0.1) is 18.7 Å². The first-order valence-electron chi connectivity index (χ1n) is 9.23. The molecule has 3 rings (SSSR count). The summed E-state index contributed by atoms with van der Waals surface area (Å²) < 4.78 is 13.4. The van der Waals surface area contributed by atoms with Crippen LogP contribution >= 0.6 is 12.2 Å². The van der Waals surface area contributed by atoms with Gasteiger partial charge in [0.15, 0.2) is 5.11 Å². The molecule has 1 amide bonds. The van der Waals surface area contributed by atoms with Crippen LogP contribution in [0.4, 0.5) is 15.8 Å². The zero-order valence-electron chi connectivity index (χ0n) is 15.4. The molecule has 1 fully saturated rings. The minimum atomic E-state index is -0.359. The van der Waals surface area contributed by atoms with Crippen LogP contribution in [0.25, 0.3) is 0 Å². The molecule has 0 aliphatic heterocycles. The van der Waals surface area contributed by atoms with Gasteiger partial charge >= 0.3 is 0 Å². The lowest BCUT2D eigenvalue weighted by Crippen LogP contribution is -2.55. The fraction of sp³-hybridized carbons (Fsp3) is 0.333. The zero-order chi connectivity index (χ0) is 19.4. The number of anilines is 2. The number of carbonyl (C=O) groups excluding carboxylic acids is 1. The topological polar surface area (TPSA) is 49.6 Å². The van der Waals surface area contributed by atoms with Gasteiger partial charge in [-0.25, -0.2) is 14.4 Å². The van der Waals surface area contributed by atoms with Crippen molar-refractivity contribution >= 4 is 34.6 Å². The third-order valence-corrected chi connectivity index (χ3v) is 5.16. The molecule has 0 radical (unpaired) electrons. The highest BCUT2D eigenvalue weighted by Gasteiger charge is 2.33. The predicted octanol–water partition coefficient (Wildman–Crippen LogP) is 4.71. The van der Waals surface area contributed by atoms with Crippen molar-refractivity contribution < 1.29 is 9.18 Å². The molecule has 0 unspecified atom stereocenters. The molecule has 0 bridgehead atoms. The molecule has 1 saturated carbocycles. The standard InChI is InChI=1S/C21H24FN3OS/c1-15-7-5-6-10-19(15)25(20(26)16-8-3-2-4-9-16)24(21(23)27)18-13-11-17(22)12-14-18/h5-7,10-14,16H,2-4,8-9H2,1H3,(H2,23,27). The summed E-state index contributed by atoms with van der Waals surface area (Å²) in [6.07, 6.45) is 4.96. The Hall–Kier alpha value is -2.47. The fourth-order valence-corrected chi connectivity index (χ4v) is 3.76. The molecular formula is C21H24FN3OS. The maximum atomic E-state index is 13.5. The number of para-hydroxylation sites is 1. The van der Waals surface area contributed by atoms with Gasteiger partial charge in [-0.2, -0.15) is 0 Å². The van der Waals surface area contributed by atoms with Gasteiger partial charge < -0.3 is 5.73 Å². The van der Waals surface area contributed by atoms with Crippen LogP contribution in [0.5, 0.6) is 0 Å². The Morgan fingerprint density at radius 2 is 1.67 bits per heavy atom. The van der Waals surface area contributed by atoms with Crippen molar-refractivity contribution in [2.45, 2.75) is 39.0 Å². The number of carbonyl (C=O) groups is 1. The molecule has 1 aliphatic carbocycles. The predicted molar refractivity (Wildman–Crippen MR) is 111 cm³/mol. The largest absolute Gasteiger partial charge is 0.374 e. The number of halogens is 1. The average molecular weight is 386 g/mol. The van der Waals surface area contributed by atoms with Gasteiger partial charge in [0.2, 0.25) is 5.91 Å². The molecule has 142 valence electrons. The lowest BCUT2D eigenvalue weighted by molar-refractivity contribution is -0.123. The summed E-state index contributed by atoms with van der Waals surface area (Å²) in [5.41, 5.74) is 8.25. The van der Waals surface area contributed by atoms with Gasteiger partial charge in [0.25, 0.3) is 0 Å². The number of nitrogens with two attached hydrogens (primary N) is 1. The third kappa shape index (κ3) is 4.27. The summed E-state index contributed by atoms with van der Waals surface area (Å²) in [7, 11) is 0. The Kier molecular flexibility index (Phi) is 6.06. The number of hydrazine groups is 1. The summed E-state index contributed by atoms with van der Waals surface area (Å²) in [5, 5.41) is 3.11. The minimum Gasteiger partial charge on any atom is -0.374 e. The maximum absolute atomic E-state index is 13.5. The van der Waals surface area contributed by atoms with E-state index in [1.165, 1.54) is 17.1 Å². The van der Waals surface area contributed by atoms with Crippen LogP contribution in [0.15, 0.2) is 48.5 Å². The van der Waals surface area contributed by atoms with Gasteiger partial charge in [0.05, 0.1) is 11.4 Å². The van der Waals surface area contributed by atoms with Crippen LogP contribution in [0.3, 0.4) is 0 Å².